The Kier molecular flexibility index (Phi) is 5.18. The molecular weight excluding hydrogens is 386 g/mol. The average Bonchev–Trinajstić information content (AvgIpc) is 2.90. The van der Waals surface area contributed by atoms with Crippen molar-refractivity contribution in [2.75, 3.05) is 11.1 Å². The third kappa shape index (κ3) is 3.94. The second-order valence-electron chi connectivity index (χ2n) is 7.92. The molecule has 8 heteroatoms. The highest BCUT2D eigenvalue weighted by molar-refractivity contribution is 7.16. The fraction of sp³-hybridized carbons (Fsp3) is 0.421. The Balaban J connectivity index is 1.89. The highest BCUT2D eigenvalue weighted by Crippen LogP contribution is 2.43. The summed E-state index contributed by atoms with van der Waals surface area (Å²) in [6, 6.07) is 3.95. The van der Waals surface area contributed by atoms with Crippen LogP contribution >= 0.6 is 22.9 Å². The summed E-state index contributed by atoms with van der Waals surface area (Å²) in [5.74, 6) is 0.173. The fourth-order valence-electron chi connectivity index (χ4n) is 3.50. The number of nitrogens with two attached hydrogens (primary N) is 1. The van der Waals surface area contributed by atoms with Crippen LogP contribution in [0.3, 0.4) is 0 Å². The lowest BCUT2D eigenvalue weighted by Crippen LogP contribution is -2.27. The topological polar surface area (TPSA) is 98.3 Å². The number of benzene rings is 1. The number of halogens is 1. The SMILES string of the molecule is CC(C)(C)C1CCc2c(sc(N)c2C(=O)Nc2cc([N+](=O)[O-])ccc2Cl)C1. The minimum atomic E-state index is -0.528. The minimum absolute atomic E-state index is 0.136. The molecule has 0 saturated carbocycles. The van der Waals surface area contributed by atoms with Crippen molar-refractivity contribution in [3.63, 3.8) is 0 Å². The first-order valence-corrected chi connectivity index (χ1v) is 9.92. The number of carbonyl (C=O) groups is 1. The standard InChI is InChI=1S/C19H22ClN3O3S/c1-19(2,3)10-4-6-12-15(8-10)27-17(21)16(12)18(24)22-14-9-11(23(25)26)5-7-13(14)20/h5,7,9-10H,4,6,8,21H2,1-3H3,(H,22,24). The molecule has 1 aliphatic carbocycles. The number of nitro benzene ring substituents is 1. The summed E-state index contributed by atoms with van der Waals surface area (Å²) in [7, 11) is 0. The quantitative estimate of drug-likeness (QED) is 0.533. The maximum absolute atomic E-state index is 12.9. The van der Waals surface area contributed by atoms with Gasteiger partial charge in [0.2, 0.25) is 0 Å². The van der Waals surface area contributed by atoms with Gasteiger partial charge in [0.1, 0.15) is 0 Å². The van der Waals surface area contributed by atoms with E-state index in [1.165, 1.54) is 29.5 Å². The number of hydrogen-bond donors (Lipinski definition) is 2. The van der Waals surface area contributed by atoms with E-state index < -0.39 is 4.92 Å². The summed E-state index contributed by atoms with van der Waals surface area (Å²) in [5, 5.41) is 14.4. The molecule has 1 aromatic heterocycles. The summed E-state index contributed by atoms with van der Waals surface area (Å²) in [6.45, 7) is 6.70. The summed E-state index contributed by atoms with van der Waals surface area (Å²) >= 11 is 7.56. The van der Waals surface area contributed by atoms with Gasteiger partial charge in [-0.3, -0.25) is 14.9 Å². The van der Waals surface area contributed by atoms with E-state index in [9.17, 15) is 14.9 Å². The van der Waals surface area contributed by atoms with Crippen LogP contribution < -0.4 is 11.1 Å². The molecule has 6 nitrogen and oxygen atoms in total. The van der Waals surface area contributed by atoms with Crippen LogP contribution in [0.5, 0.6) is 0 Å². The number of hydrogen-bond acceptors (Lipinski definition) is 5. The van der Waals surface area contributed by atoms with Gasteiger partial charge in [-0.1, -0.05) is 32.4 Å². The maximum atomic E-state index is 12.9. The van der Waals surface area contributed by atoms with E-state index in [0.29, 0.717) is 16.5 Å². The van der Waals surface area contributed by atoms with Crippen molar-refractivity contribution in [1.82, 2.24) is 0 Å². The molecule has 0 radical (unpaired) electrons. The van der Waals surface area contributed by atoms with Crippen molar-refractivity contribution < 1.29 is 9.72 Å². The Morgan fingerprint density at radius 2 is 2.11 bits per heavy atom. The van der Waals surface area contributed by atoms with E-state index in [2.05, 4.69) is 26.1 Å². The molecule has 2 aromatic rings. The number of amides is 1. The Morgan fingerprint density at radius 3 is 2.74 bits per heavy atom. The maximum Gasteiger partial charge on any atom is 0.271 e. The molecule has 0 fully saturated rings. The lowest BCUT2D eigenvalue weighted by molar-refractivity contribution is -0.384. The Bertz CT molecular complexity index is 918. The van der Waals surface area contributed by atoms with E-state index in [4.69, 9.17) is 17.3 Å². The van der Waals surface area contributed by atoms with Gasteiger partial charge in [0, 0.05) is 17.0 Å². The Morgan fingerprint density at radius 1 is 1.41 bits per heavy atom. The predicted molar refractivity (Wildman–Crippen MR) is 110 cm³/mol. The van der Waals surface area contributed by atoms with Gasteiger partial charge in [-0.2, -0.15) is 0 Å². The van der Waals surface area contributed by atoms with Crippen molar-refractivity contribution in [2.24, 2.45) is 11.3 Å². The van der Waals surface area contributed by atoms with Crippen LogP contribution in [0.25, 0.3) is 0 Å². The third-order valence-corrected chi connectivity index (χ3v) is 6.57. The van der Waals surface area contributed by atoms with Crippen LogP contribution in [0.1, 0.15) is 48.0 Å². The average molecular weight is 408 g/mol. The molecule has 1 heterocycles. The van der Waals surface area contributed by atoms with Gasteiger partial charge in [0.25, 0.3) is 11.6 Å². The van der Waals surface area contributed by atoms with Crippen LogP contribution in [-0.2, 0) is 12.8 Å². The zero-order valence-electron chi connectivity index (χ0n) is 15.5. The van der Waals surface area contributed by atoms with E-state index in [1.54, 1.807) is 0 Å². The lowest BCUT2D eigenvalue weighted by atomic mass is 9.72. The van der Waals surface area contributed by atoms with Crippen molar-refractivity contribution in [1.29, 1.82) is 0 Å². The van der Waals surface area contributed by atoms with Crippen molar-refractivity contribution in [3.05, 3.63) is 49.3 Å². The number of anilines is 2. The predicted octanol–water partition coefficient (Wildman–Crippen LogP) is 5.30. The smallest absolute Gasteiger partial charge is 0.271 e. The highest BCUT2D eigenvalue weighted by atomic mass is 35.5. The number of nitrogens with one attached hydrogen (secondary N) is 1. The van der Waals surface area contributed by atoms with Crippen LogP contribution in [0.2, 0.25) is 5.02 Å². The van der Waals surface area contributed by atoms with Gasteiger partial charge in [-0.15, -0.1) is 11.3 Å². The molecule has 1 atom stereocenters. The zero-order chi connectivity index (χ0) is 19.9. The molecular formula is C19H22ClN3O3S. The molecule has 27 heavy (non-hydrogen) atoms. The number of nitrogens with zero attached hydrogens (tertiary/aromatic N) is 1. The van der Waals surface area contributed by atoms with Crippen molar-refractivity contribution in [3.8, 4) is 0 Å². The number of non-ortho nitro benzene ring substituents is 1. The number of nitrogen functional groups attached to an aromatic ring is 1. The van der Waals surface area contributed by atoms with E-state index in [-0.39, 0.29) is 27.7 Å². The van der Waals surface area contributed by atoms with Gasteiger partial charge in [-0.05, 0) is 42.2 Å². The minimum Gasteiger partial charge on any atom is -0.390 e. The Labute approximate surface area is 166 Å². The molecule has 3 rings (SSSR count). The number of rotatable bonds is 3. The fourth-order valence-corrected chi connectivity index (χ4v) is 4.86. The van der Waals surface area contributed by atoms with Gasteiger partial charge in [0.15, 0.2) is 0 Å². The van der Waals surface area contributed by atoms with Crippen molar-refractivity contribution in [2.45, 2.75) is 40.0 Å². The van der Waals surface area contributed by atoms with Crippen LogP contribution in [0.4, 0.5) is 16.4 Å². The first kappa shape index (κ1) is 19.6. The second kappa shape index (κ2) is 7.13. The monoisotopic (exact) mass is 407 g/mol. The molecule has 144 valence electrons. The molecule has 0 spiro atoms. The third-order valence-electron chi connectivity index (χ3n) is 5.15. The first-order valence-electron chi connectivity index (χ1n) is 8.73. The Hall–Kier alpha value is -2.12. The van der Waals surface area contributed by atoms with Crippen LogP contribution in [0.15, 0.2) is 18.2 Å². The number of thiophene rings is 1. The number of carbonyl (C=O) groups excluding carboxylic acids is 1. The molecule has 1 unspecified atom stereocenters. The zero-order valence-corrected chi connectivity index (χ0v) is 17.0. The summed E-state index contributed by atoms with van der Waals surface area (Å²) in [4.78, 5) is 24.5. The van der Waals surface area contributed by atoms with Gasteiger partial charge < -0.3 is 11.1 Å². The second-order valence-corrected chi connectivity index (χ2v) is 9.47. The van der Waals surface area contributed by atoms with Crippen LogP contribution in [0, 0.1) is 21.4 Å². The molecule has 1 aromatic carbocycles. The lowest BCUT2D eigenvalue weighted by Gasteiger charge is -2.33. The first-order chi connectivity index (χ1) is 12.6. The van der Waals surface area contributed by atoms with Gasteiger partial charge in [0.05, 0.1) is 26.2 Å². The summed E-state index contributed by atoms with van der Waals surface area (Å²) in [5.41, 5.74) is 7.91. The molecule has 1 amide bonds. The van der Waals surface area contributed by atoms with E-state index >= 15 is 0 Å². The highest BCUT2D eigenvalue weighted by Gasteiger charge is 2.33. The summed E-state index contributed by atoms with van der Waals surface area (Å²) in [6.07, 6.45) is 2.72. The van der Waals surface area contributed by atoms with Crippen LogP contribution in [-0.4, -0.2) is 10.8 Å². The van der Waals surface area contributed by atoms with Gasteiger partial charge in [-0.25, -0.2) is 0 Å². The molecule has 0 bridgehead atoms. The van der Waals surface area contributed by atoms with Gasteiger partial charge >= 0.3 is 0 Å². The van der Waals surface area contributed by atoms with E-state index in [1.807, 2.05) is 0 Å². The summed E-state index contributed by atoms with van der Waals surface area (Å²) < 4.78 is 0. The number of fused-ring (bicyclic) bond motifs is 1. The van der Waals surface area contributed by atoms with Crippen molar-refractivity contribution >= 4 is 45.2 Å². The van der Waals surface area contributed by atoms with E-state index in [0.717, 1.165) is 29.7 Å². The normalized spacial score (nSPS) is 16.7. The molecule has 3 N–H and O–H groups in total. The molecule has 1 aliphatic rings. The largest absolute Gasteiger partial charge is 0.390 e. The molecule has 0 saturated heterocycles. The number of nitro groups is 1. The molecule has 0 aliphatic heterocycles.